The standard InChI is InChI=1S/C19H21ClN2O3S/c1-26(24,25)22(14-16-6-2-3-7-18(16)20)17-10-8-15(9-11-17)19(23)21-12-4-5-13-21/h2-3,6-11H,4-5,12-14H2,1H3. The van der Waals surface area contributed by atoms with E-state index < -0.39 is 10.0 Å². The van der Waals surface area contributed by atoms with E-state index in [1.165, 1.54) is 4.31 Å². The van der Waals surface area contributed by atoms with Crippen molar-refractivity contribution in [2.45, 2.75) is 19.4 Å². The summed E-state index contributed by atoms with van der Waals surface area (Å²) in [6.45, 7) is 1.70. The minimum atomic E-state index is -3.50. The zero-order valence-corrected chi connectivity index (χ0v) is 16.1. The molecule has 3 rings (SSSR count). The van der Waals surface area contributed by atoms with Crippen molar-refractivity contribution in [2.24, 2.45) is 0 Å². The maximum absolute atomic E-state index is 12.4. The highest BCUT2D eigenvalue weighted by Crippen LogP contribution is 2.25. The summed E-state index contributed by atoms with van der Waals surface area (Å²) in [4.78, 5) is 14.3. The van der Waals surface area contributed by atoms with Gasteiger partial charge in [-0.2, -0.15) is 0 Å². The first-order valence-corrected chi connectivity index (χ1v) is 10.7. The fourth-order valence-electron chi connectivity index (χ4n) is 3.05. The van der Waals surface area contributed by atoms with Crippen LogP contribution in [0.1, 0.15) is 28.8 Å². The Balaban J connectivity index is 1.85. The summed E-state index contributed by atoms with van der Waals surface area (Å²) in [5.41, 5.74) is 1.80. The fraction of sp³-hybridized carbons (Fsp3) is 0.316. The Kier molecular flexibility index (Phi) is 5.53. The molecule has 0 aliphatic carbocycles. The average Bonchev–Trinajstić information content (AvgIpc) is 3.14. The van der Waals surface area contributed by atoms with Gasteiger partial charge in [0.25, 0.3) is 5.91 Å². The number of carbonyl (C=O) groups is 1. The number of benzene rings is 2. The Morgan fingerprint density at radius 1 is 1.08 bits per heavy atom. The summed E-state index contributed by atoms with van der Waals surface area (Å²) < 4.78 is 25.9. The molecule has 1 fully saturated rings. The lowest BCUT2D eigenvalue weighted by Gasteiger charge is -2.23. The normalized spacial score (nSPS) is 14.5. The molecule has 1 aliphatic rings. The average molecular weight is 393 g/mol. The van der Waals surface area contributed by atoms with Crippen LogP contribution in [0.15, 0.2) is 48.5 Å². The number of hydrogen-bond donors (Lipinski definition) is 0. The molecule has 0 unspecified atom stereocenters. The zero-order chi connectivity index (χ0) is 18.7. The van der Waals surface area contributed by atoms with Crippen LogP contribution < -0.4 is 4.31 Å². The highest BCUT2D eigenvalue weighted by atomic mass is 35.5. The van der Waals surface area contributed by atoms with E-state index in [9.17, 15) is 13.2 Å². The van der Waals surface area contributed by atoms with Crippen molar-refractivity contribution >= 4 is 33.2 Å². The first-order chi connectivity index (χ1) is 12.4. The molecular formula is C19H21ClN2O3S. The molecule has 0 aromatic heterocycles. The third-order valence-corrected chi connectivity index (χ3v) is 5.98. The molecule has 1 amide bonds. The van der Waals surface area contributed by atoms with Crippen molar-refractivity contribution in [1.82, 2.24) is 4.90 Å². The Morgan fingerprint density at radius 2 is 1.69 bits per heavy atom. The van der Waals surface area contributed by atoms with E-state index >= 15 is 0 Å². The Labute approximate surface area is 159 Å². The van der Waals surface area contributed by atoms with Crippen LogP contribution >= 0.6 is 11.6 Å². The second-order valence-electron chi connectivity index (χ2n) is 6.41. The maximum atomic E-state index is 12.4. The molecule has 7 heteroatoms. The van der Waals surface area contributed by atoms with Gasteiger partial charge in [-0.25, -0.2) is 8.42 Å². The van der Waals surface area contributed by atoms with Crippen molar-refractivity contribution in [3.63, 3.8) is 0 Å². The summed E-state index contributed by atoms with van der Waals surface area (Å²) in [5, 5.41) is 0.516. The van der Waals surface area contributed by atoms with E-state index in [4.69, 9.17) is 11.6 Å². The van der Waals surface area contributed by atoms with Gasteiger partial charge < -0.3 is 4.90 Å². The second kappa shape index (κ2) is 7.68. The lowest BCUT2D eigenvalue weighted by atomic mass is 10.1. The summed E-state index contributed by atoms with van der Waals surface area (Å²) in [5.74, 6) is -0.00828. The van der Waals surface area contributed by atoms with Crippen LogP contribution in [-0.2, 0) is 16.6 Å². The topological polar surface area (TPSA) is 57.7 Å². The van der Waals surface area contributed by atoms with Crippen molar-refractivity contribution in [3.8, 4) is 0 Å². The van der Waals surface area contributed by atoms with E-state index in [1.807, 2.05) is 11.0 Å². The SMILES string of the molecule is CS(=O)(=O)N(Cc1ccccc1Cl)c1ccc(C(=O)N2CCCC2)cc1. The summed E-state index contributed by atoms with van der Waals surface area (Å²) in [7, 11) is -3.50. The summed E-state index contributed by atoms with van der Waals surface area (Å²) in [6, 6.07) is 13.8. The van der Waals surface area contributed by atoms with Crippen LogP contribution in [0.3, 0.4) is 0 Å². The Morgan fingerprint density at radius 3 is 2.27 bits per heavy atom. The van der Waals surface area contributed by atoms with Crippen LogP contribution in [0, 0.1) is 0 Å². The third kappa shape index (κ3) is 4.19. The van der Waals surface area contributed by atoms with Crippen molar-refractivity contribution in [2.75, 3.05) is 23.7 Å². The first kappa shape index (κ1) is 18.7. The van der Waals surface area contributed by atoms with Gasteiger partial charge in [0.05, 0.1) is 18.5 Å². The smallest absolute Gasteiger partial charge is 0.253 e. The predicted molar refractivity (Wildman–Crippen MR) is 104 cm³/mol. The molecule has 0 bridgehead atoms. The molecule has 0 N–H and O–H groups in total. The lowest BCUT2D eigenvalue weighted by molar-refractivity contribution is 0.0793. The lowest BCUT2D eigenvalue weighted by Crippen LogP contribution is -2.30. The highest BCUT2D eigenvalue weighted by Gasteiger charge is 2.22. The minimum Gasteiger partial charge on any atom is -0.339 e. The second-order valence-corrected chi connectivity index (χ2v) is 8.72. The van der Waals surface area contributed by atoms with Crippen LogP contribution in [-0.4, -0.2) is 38.6 Å². The van der Waals surface area contributed by atoms with E-state index in [1.54, 1.807) is 42.5 Å². The quantitative estimate of drug-likeness (QED) is 0.781. The van der Waals surface area contributed by atoms with Gasteiger partial charge >= 0.3 is 0 Å². The van der Waals surface area contributed by atoms with E-state index in [0.717, 1.165) is 37.8 Å². The number of carbonyl (C=O) groups excluding carboxylic acids is 1. The number of sulfonamides is 1. The largest absolute Gasteiger partial charge is 0.339 e. The first-order valence-electron chi connectivity index (χ1n) is 8.47. The van der Waals surface area contributed by atoms with E-state index in [2.05, 4.69) is 0 Å². The van der Waals surface area contributed by atoms with Crippen molar-refractivity contribution in [3.05, 3.63) is 64.7 Å². The monoisotopic (exact) mass is 392 g/mol. The Bertz CT molecular complexity index is 891. The molecule has 5 nitrogen and oxygen atoms in total. The van der Waals surface area contributed by atoms with Crippen LogP contribution in [0.5, 0.6) is 0 Å². The van der Waals surface area contributed by atoms with Gasteiger partial charge in [-0.1, -0.05) is 29.8 Å². The van der Waals surface area contributed by atoms with Crippen molar-refractivity contribution < 1.29 is 13.2 Å². The molecule has 2 aromatic rings. The molecular weight excluding hydrogens is 372 g/mol. The summed E-state index contributed by atoms with van der Waals surface area (Å²) in [6.07, 6.45) is 3.22. The molecule has 1 saturated heterocycles. The van der Waals surface area contributed by atoms with Gasteiger partial charge in [-0.15, -0.1) is 0 Å². The van der Waals surface area contributed by atoms with Gasteiger partial charge in [0.15, 0.2) is 0 Å². The molecule has 2 aromatic carbocycles. The number of halogens is 1. The molecule has 138 valence electrons. The van der Waals surface area contributed by atoms with E-state index in [-0.39, 0.29) is 12.5 Å². The number of amides is 1. The fourth-order valence-corrected chi connectivity index (χ4v) is 4.13. The van der Waals surface area contributed by atoms with E-state index in [0.29, 0.717) is 16.3 Å². The summed E-state index contributed by atoms with van der Waals surface area (Å²) >= 11 is 6.17. The minimum absolute atomic E-state index is 0.00828. The van der Waals surface area contributed by atoms with Crippen LogP contribution in [0.4, 0.5) is 5.69 Å². The number of hydrogen-bond acceptors (Lipinski definition) is 3. The molecule has 26 heavy (non-hydrogen) atoms. The molecule has 0 atom stereocenters. The maximum Gasteiger partial charge on any atom is 0.253 e. The molecule has 1 heterocycles. The molecule has 1 aliphatic heterocycles. The highest BCUT2D eigenvalue weighted by molar-refractivity contribution is 7.92. The van der Waals surface area contributed by atoms with Gasteiger partial charge in [0.1, 0.15) is 0 Å². The molecule has 0 saturated carbocycles. The van der Waals surface area contributed by atoms with Crippen molar-refractivity contribution in [1.29, 1.82) is 0 Å². The zero-order valence-electron chi connectivity index (χ0n) is 14.6. The van der Waals surface area contributed by atoms with Gasteiger partial charge in [-0.05, 0) is 48.7 Å². The number of anilines is 1. The number of rotatable bonds is 5. The van der Waals surface area contributed by atoms with Crippen LogP contribution in [0.2, 0.25) is 5.02 Å². The van der Waals surface area contributed by atoms with Gasteiger partial charge in [0, 0.05) is 23.7 Å². The third-order valence-electron chi connectivity index (χ3n) is 4.47. The molecule has 0 radical (unpaired) electrons. The number of nitrogens with zero attached hydrogens (tertiary/aromatic N) is 2. The Hall–Kier alpha value is -2.05. The predicted octanol–water partition coefficient (Wildman–Crippen LogP) is 3.54. The van der Waals surface area contributed by atoms with Gasteiger partial charge in [-0.3, -0.25) is 9.10 Å². The van der Waals surface area contributed by atoms with Crippen LogP contribution in [0.25, 0.3) is 0 Å². The molecule has 0 spiro atoms. The number of likely N-dealkylation sites (tertiary alicyclic amines) is 1. The van der Waals surface area contributed by atoms with Gasteiger partial charge in [0.2, 0.25) is 10.0 Å².